The molecule has 0 atom stereocenters. The number of hydrogen-bond donors (Lipinski definition) is 1. The van der Waals surface area contributed by atoms with E-state index in [1.807, 2.05) is 18.2 Å². The van der Waals surface area contributed by atoms with Crippen LogP contribution in [0.4, 0.5) is 5.13 Å². The minimum atomic E-state index is -1.02. The summed E-state index contributed by atoms with van der Waals surface area (Å²) in [5, 5.41) is 21.7. The van der Waals surface area contributed by atoms with Crippen LogP contribution in [-0.2, 0) is 11.3 Å². The molecule has 6 rings (SSSR count). The van der Waals surface area contributed by atoms with Gasteiger partial charge in [0.2, 0.25) is 5.82 Å². The number of aromatic nitrogens is 5. The first-order valence-electron chi connectivity index (χ1n) is 11.5. The molecule has 4 heterocycles. The van der Waals surface area contributed by atoms with Crippen molar-refractivity contribution in [1.29, 1.82) is 0 Å². The number of carboxylic acid groups (broad SMARTS) is 1. The van der Waals surface area contributed by atoms with Gasteiger partial charge in [0.25, 0.3) is 0 Å². The summed E-state index contributed by atoms with van der Waals surface area (Å²) in [6.45, 7) is 1.25. The highest BCUT2D eigenvalue weighted by atomic mass is 79.9. The summed E-state index contributed by atoms with van der Waals surface area (Å²) in [7, 11) is 0. The Morgan fingerprint density at radius 1 is 1.14 bits per heavy atom. The lowest BCUT2D eigenvalue weighted by Gasteiger charge is -2.43. The molecule has 36 heavy (non-hydrogen) atoms. The Morgan fingerprint density at radius 2 is 1.92 bits per heavy atom. The summed E-state index contributed by atoms with van der Waals surface area (Å²) >= 11 is 5.01. The number of rotatable bonds is 5. The Kier molecular flexibility index (Phi) is 5.81. The van der Waals surface area contributed by atoms with Crippen molar-refractivity contribution < 1.29 is 14.6 Å². The van der Waals surface area contributed by atoms with Crippen LogP contribution in [-0.4, -0.2) is 55.0 Å². The summed E-state index contributed by atoms with van der Waals surface area (Å²) in [5.74, 6) is 0.275. The van der Waals surface area contributed by atoms with Gasteiger partial charge in [-0.15, -0.1) is 10.2 Å². The van der Waals surface area contributed by atoms with Crippen LogP contribution in [0.3, 0.4) is 0 Å². The molecular weight excluding hydrogens is 544 g/mol. The second kappa shape index (κ2) is 9.14. The SMILES string of the molecule is O=C(O)Cn1nnc(-c2cnc(N3CCC4(C=C(c5ccc(Br)cc5)c5ccccc5O4)CC3)s2)n1. The topological polar surface area (TPSA) is 106 Å². The number of ether oxygens (including phenoxy) is 1. The fraction of sp³-hybridized carbons (Fsp3) is 0.240. The highest BCUT2D eigenvalue weighted by Crippen LogP contribution is 2.44. The lowest BCUT2D eigenvalue weighted by molar-refractivity contribution is -0.138. The number of thiazole rings is 1. The molecule has 0 saturated carbocycles. The number of piperidine rings is 1. The summed E-state index contributed by atoms with van der Waals surface area (Å²) < 4.78 is 7.67. The van der Waals surface area contributed by atoms with E-state index < -0.39 is 5.97 Å². The van der Waals surface area contributed by atoms with Crippen LogP contribution in [0.25, 0.3) is 16.3 Å². The van der Waals surface area contributed by atoms with Crippen molar-refractivity contribution in [2.45, 2.75) is 25.0 Å². The zero-order chi connectivity index (χ0) is 24.7. The number of aliphatic carboxylic acids is 1. The molecule has 2 aromatic carbocycles. The number of fused-ring (bicyclic) bond motifs is 1. The van der Waals surface area contributed by atoms with E-state index in [9.17, 15) is 4.79 Å². The van der Waals surface area contributed by atoms with Gasteiger partial charge in [0.1, 0.15) is 11.4 Å². The molecule has 4 aromatic rings. The monoisotopic (exact) mass is 564 g/mol. The number of halogens is 1. The molecule has 182 valence electrons. The number of para-hydroxylation sites is 1. The number of anilines is 1. The Morgan fingerprint density at radius 3 is 2.69 bits per heavy atom. The first kappa shape index (κ1) is 22.9. The average Bonchev–Trinajstić information content (AvgIpc) is 3.54. The molecule has 0 aliphatic carbocycles. The first-order chi connectivity index (χ1) is 17.5. The molecule has 1 fully saturated rings. The fourth-order valence-electron chi connectivity index (χ4n) is 4.60. The van der Waals surface area contributed by atoms with Gasteiger partial charge in [-0.05, 0) is 40.6 Å². The third-order valence-corrected chi connectivity index (χ3v) is 7.96. The first-order valence-corrected chi connectivity index (χ1v) is 13.1. The molecule has 1 N–H and O–H groups in total. The maximum Gasteiger partial charge on any atom is 0.327 e. The fourth-order valence-corrected chi connectivity index (χ4v) is 5.76. The van der Waals surface area contributed by atoms with Crippen molar-refractivity contribution in [2.75, 3.05) is 18.0 Å². The molecular formula is C25H21BrN6O3S. The number of carbonyl (C=O) groups is 1. The largest absolute Gasteiger partial charge is 0.482 e. The van der Waals surface area contributed by atoms with E-state index in [0.717, 1.165) is 56.5 Å². The number of nitrogens with zero attached hydrogens (tertiary/aromatic N) is 6. The number of carboxylic acids is 1. The van der Waals surface area contributed by atoms with Crippen LogP contribution >= 0.6 is 27.3 Å². The lowest BCUT2D eigenvalue weighted by Crippen LogP contribution is -2.48. The van der Waals surface area contributed by atoms with E-state index in [1.165, 1.54) is 22.5 Å². The van der Waals surface area contributed by atoms with Gasteiger partial charge in [-0.25, -0.2) is 4.98 Å². The second-order valence-corrected chi connectivity index (χ2v) is 10.7. The minimum Gasteiger partial charge on any atom is -0.482 e. The maximum absolute atomic E-state index is 10.9. The van der Waals surface area contributed by atoms with Crippen molar-refractivity contribution in [3.63, 3.8) is 0 Å². The highest BCUT2D eigenvalue weighted by Gasteiger charge is 2.39. The van der Waals surface area contributed by atoms with Crippen LogP contribution < -0.4 is 9.64 Å². The van der Waals surface area contributed by atoms with Crippen molar-refractivity contribution in [3.8, 4) is 16.5 Å². The number of hydrogen-bond acceptors (Lipinski definition) is 8. The predicted molar refractivity (Wildman–Crippen MR) is 139 cm³/mol. The Labute approximate surface area is 219 Å². The highest BCUT2D eigenvalue weighted by molar-refractivity contribution is 9.10. The summed E-state index contributed by atoms with van der Waals surface area (Å²) in [5.41, 5.74) is 3.10. The molecule has 0 amide bonds. The predicted octanol–water partition coefficient (Wildman–Crippen LogP) is 4.51. The molecule has 0 radical (unpaired) electrons. The van der Waals surface area contributed by atoms with Crippen LogP contribution in [0.2, 0.25) is 0 Å². The van der Waals surface area contributed by atoms with E-state index in [4.69, 9.17) is 9.84 Å². The van der Waals surface area contributed by atoms with Crippen molar-refractivity contribution >= 4 is 43.9 Å². The Bertz CT molecular complexity index is 1460. The van der Waals surface area contributed by atoms with Crippen LogP contribution in [0.1, 0.15) is 24.0 Å². The molecule has 2 aliphatic rings. The van der Waals surface area contributed by atoms with Crippen molar-refractivity contribution in [2.24, 2.45) is 0 Å². The normalized spacial score (nSPS) is 16.4. The van der Waals surface area contributed by atoms with Gasteiger partial charge in [-0.1, -0.05) is 57.6 Å². The molecule has 1 saturated heterocycles. The van der Waals surface area contributed by atoms with Gasteiger partial charge in [-0.2, -0.15) is 4.80 Å². The Balaban J connectivity index is 1.22. The van der Waals surface area contributed by atoms with Gasteiger partial charge in [-0.3, -0.25) is 4.79 Å². The third-order valence-electron chi connectivity index (χ3n) is 6.38. The van der Waals surface area contributed by atoms with Crippen LogP contribution in [0, 0.1) is 0 Å². The summed E-state index contributed by atoms with van der Waals surface area (Å²) in [6.07, 6.45) is 5.66. The van der Waals surface area contributed by atoms with E-state index in [-0.39, 0.29) is 12.1 Å². The molecule has 2 aromatic heterocycles. The molecule has 0 bridgehead atoms. The average molecular weight is 565 g/mol. The molecule has 11 heteroatoms. The number of tetrazole rings is 1. The standard InChI is InChI=1S/C25H21BrN6O3S/c26-17-7-5-16(6-8-17)19-13-25(35-20-4-2-1-3-18(19)20)9-11-31(12-10-25)24-27-14-21(36-24)23-28-30-32(29-23)15-22(33)34/h1-8,13-14H,9-12,15H2,(H,33,34). The van der Waals surface area contributed by atoms with Gasteiger partial charge >= 0.3 is 5.97 Å². The Hall–Kier alpha value is -3.57. The molecule has 9 nitrogen and oxygen atoms in total. The third kappa shape index (κ3) is 4.40. The van der Waals surface area contributed by atoms with Crippen molar-refractivity contribution in [3.05, 3.63) is 76.4 Å². The van der Waals surface area contributed by atoms with Gasteiger partial charge in [0, 0.05) is 36.0 Å². The smallest absolute Gasteiger partial charge is 0.327 e. The quantitative estimate of drug-likeness (QED) is 0.377. The lowest BCUT2D eigenvalue weighted by atomic mass is 9.83. The van der Waals surface area contributed by atoms with Crippen LogP contribution in [0.15, 0.2) is 65.3 Å². The van der Waals surface area contributed by atoms with Crippen molar-refractivity contribution in [1.82, 2.24) is 25.2 Å². The van der Waals surface area contributed by atoms with Gasteiger partial charge in [0.05, 0.1) is 11.1 Å². The maximum atomic E-state index is 10.9. The molecule has 0 unspecified atom stereocenters. The zero-order valence-corrected chi connectivity index (χ0v) is 21.4. The number of benzene rings is 2. The molecule has 1 spiro atoms. The van der Waals surface area contributed by atoms with E-state index in [2.05, 4.69) is 77.6 Å². The minimum absolute atomic E-state index is 0.328. The summed E-state index contributed by atoms with van der Waals surface area (Å²) in [6, 6.07) is 16.6. The summed E-state index contributed by atoms with van der Waals surface area (Å²) in [4.78, 5) is 19.5. The van der Waals surface area contributed by atoms with E-state index in [1.54, 1.807) is 6.20 Å². The molecule has 2 aliphatic heterocycles. The second-order valence-electron chi connectivity index (χ2n) is 8.76. The van der Waals surface area contributed by atoms with Crippen LogP contribution in [0.5, 0.6) is 5.75 Å². The van der Waals surface area contributed by atoms with Gasteiger partial charge in [0.15, 0.2) is 11.7 Å². The van der Waals surface area contributed by atoms with E-state index >= 15 is 0 Å². The van der Waals surface area contributed by atoms with E-state index in [0.29, 0.717) is 5.82 Å². The zero-order valence-electron chi connectivity index (χ0n) is 19.0. The van der Waals surface area contributed by atoms with Gasteiger partial charge < -0.3 is 14.7 Å².